The number of halogens is 1. The number of rotatable bonds is 7. The quantitative estimate of drug-likeness (QED) is 0.577. The smallest absolute Gasteiger partial charge is 0.258 e. The van der Waals surface area contributed by atoms with Crippen LogP contribution in [0.2, 0.25) is 5.02 Å². The van der Waals surface area contributed by atoms with E-state index >= 15 is 0 Å². The van der Waals surface area contributed by atoms with Gasteiger partial charge in [-0.2, -0.15) is 0 Å². The van der Waals surface area contributed by atoms with E-state index in [1.807, 2.05) is 36.4 Å². The molecule has 3 rings (SSSR count). The van der Waals surface area contributed by atoms with Crippen LogP contribution in [-0.4, -0.2) is 20.9 Å². The molecular formula is C22H21ClN2O4S. The molecule has 0 saturated heterocycles. The highest BCUT2D eigenvalue weighted by Crippen LogP contribution is 2.30. The first-order valence-electron chi connectivity index (χ1n) is 9.14. The first-order chi connectivity index (χ1) is 14.2. The summed E-state index contributed by atoms with van der Waals surface area (Å²) < 4.78 is 28.5. The fourth-order valence-corrected chi connectivity index (χ4v) is 3.70. The van der Waals surface area contributed by atoms with E-state index in [1.165, 1.54) is 12.1 Å². The van der Waals surface area contributed by atoms with E-state index in [-0.39, 0.29) is 17.4 Å². The van der Waals surface area contributed by atoms with Crippen LogP contribution in [0.25, 0.3) is 11.1 Å². The summed E-state index contributed by atoms with van der Waals surface area (Å²) >= 11 is 6.30. The Labute approximate surface area is 180 Å². The van der Waals surface area contributed by atoms with Gasteiger partial charge in [0, 0.05) is 0 Å². The molecule has 0 aliphatic carbocycles. The number of primary sulfonamides is 1. The maximum Gasteiger partial charge on any atom is 0.258 e. The minimum atomic E-state index is -3.81. The third kappa shape index (κ3) is 5.60. The second-order valence-corrected chi connectivity index (χ2v) is 8.68. The number of nitrogens with two attached hydrogens (primary N) is 1. The summed E-state index contributed by atoms with van der Waals surface area (Å²) in [6.07, 6.45) is 0. The number of hydrogen-bond acceptors (Lipinski definition) is 4. The van der Waals surface area contributed by atoms with E-state index in [9.17, 15) is 13.2 Å². The third-order valence-electron chi connectivity index (χ3n) is 4.46. The van der Waals surface area contributed by atoms with Crippen LogP contribution in [0.3, 0.4) is 0 Å². The number of hydrogen-bond donors (Lipinski definition) is 2. The molecule has 0 bridgehead atoms. The van der Waals surface area contributed by atoms with Crippen molar-refractivity contribution in [3.05, 3.63) is 83.4 Å². The van der Waals surface area contributed by atoms with E-state index in [0.717, 1.165) is 11.1 Å². The topological polar surface area (TPSA) is 98.5 Å². The van der Waals surface area contributed by atoms with E-state index < -0.39 is 16.1 Å². The Morgan fingerprint density at radius 1 is 1.03 bits per heavy atom. The van der Waals surface area contributed by atoms with Gasteiger partial charge in [0.25, 0.3) is 5.91 Å². The van der Waals surface area contributed by atoms with Crippen molar-refractivity contribution in [1.82, 2.24) is 5.32 Å². The Hall–Kier alpha value is -2.87. The van der Waals surface area contributed by atoms with Gasteiger partial charge in [0.1, 0.15) is 5.75 Å². The summed E-state index contributed by atoms with van der Waals surface area (Å²) in [4.78, 5) is 12.2. The number of sulfonamides is 1. The van der Waals surface area contributed by atoms with E-state index in [0.29, 0.717) is 16.3 Å². The second kappa shape index (κ2) is 9.30. The maximum atomic E-state index is 12.3. The highest BCUT2D eigenvalue weighted by molar-refractivity contribution is 7.89. The molecule has 0 fully saturated rings. The molecule has 0 aromatic heterocycles. The molecule has 0 saturated carbocycles. The zero-order valence-electron chi connectivity index (χ0n) is 16.2. The van der Waals surface area contributed by atoms with Crippen LogP contribution in [0.5, 0.6) is 5.75 Å². The average Bonchev–Trinajstić information content (AvgIpc) is 2.73. The largest absolute Gasteiger partial charge is 0.482 e. The molecule has 0 radical (unpaired) electrons. The lowest BCUT2D eigenvalue weighted by Crippen LogP contribution is -2.31. The normalized spacial score (nSPS) is 12.2. The van der Waals surface area contributed by atoms with Gasteiger partial charge in [-0.25, -0.2) is 13.6 Å². The number of benzene rings is 3. The second-order valence-electron chi connectivity index (χ2n) is 6.71. The van der Waals surface area contributed by atoms with Crippen molar-refractivity contribution in [2.45, 2.75) is 17.9 Å². The summed E-state index contributed by atoms with van der Waals surface area (Å²) in [6.45, 7) is 1.51. The summed E-state index contributed by atoms with van der Waals surface area (Å²) in [5, 5.41) is 8.31. The SMILES string of the molecule is CC(NC(=O)COc1ccc(-c2ccccc2)cc1Cl)c1cccc(S(N)(=O)=O)c1. The number of carbonyl (C=O) groups excluding carboxylic acids is 1. The molecule has 3 N–H and O–H groups in total. The molecule has 1 amide bonds. The molecule has 3 aromatic carbocycles. The van der Waals surface area contributed by atoms with Crippen LogP contribution in [-0.2, 0) is 14.8 Å². The highest BCUT2D eigenvalue weighted by atomic mass is 35.5. The summed E-state index contributed by atoms with van der Waals surface area (Å²) in [5.41, 5.74) is 2.58. The van der Waals surface area contributed by atoms with Gasteiger partial charge in [-0.3, -0.25) is 4.79 Å². The molecule has 30 heavy (non-hydrogen) atoms. The molecule has 8 heteroatoms. The van der Waals surface area contributed by atoms with Gasteiger partial charge in [-0.15, -0.1) is 0 Å². The Bertz CT molecular complexity index is 1150. The zero-order valence-corrected chi connectivity index (χ0v) is 17.8. The van der Waals surface area contributed by atoms with Crippen molar-refractivity contribution in [1.29, 1.82) is 0 Å². The maximum absolute atomic E-state index is 12.3. The third-order valence-corrected chi connectivity index (χ3v) is 5.67. The molecule has 0 aliphatic rings. The lowest BCUT2D eigenvalue weighted by Gasteiger charge is -2.16. The predicted octanol–water partition coefficient (Wildman–Crippen LogP) is 3.91. The van der Waals surface area contributed by atoms with E-state index in [1.54, 1.807) is 31.2 Å². The average molecular weight is 445 g/mol. The van der Waals surface area contributed by atoms with Crippen LogP contribution in [0.1, 0.15) is 18.5 Å². The zero-order chi connectivity index (χ0) is 21.7. The fraction of sp³-hybridized carbons (Fsp3) is 0.136. The van der Waals surface area contributed by atoms with E-state index in [4.69, 9.17) is 21.5 Å². The van der Waals surface area contributed by atoms with Gasteiger partial charge < -0.3 is 10.1 Å². The van der Waals surface area contributed by atoms with Gasteiger partial charge in [-0.1, -0.05) is 60.1 Å². The van der Waals surface area contributed by atoms with E-state index in [2.05, 4.69) is 5.32 Å². The summed E-state index contributed by atoms with van der Waals surface area (Å²) in [7, 11) is -3.81. The number of ether oxygens (including phenoxy) is 1. The molecule has 0 aliphatic heterocycles. The number of amides is 1. The van der Waals surface area contributed by atoms with Crippen molar-refractivity contribution in [3.63, 3.8) is 0 Å². The molecular weight excluding hydrogens is 424 g/mol. The van der Waals surface area contributed by atoms with Gasteiger partial charge in [0.2, 0.25) is 10.0 Å². The Morgan fingerprint density at radius 2 is 1.77 bits per heavy atom. The van der Waals surface area contributed by atoms with Crippen molar-refractivity contribution < 1.29 is 17.9 Å². The highest BCUT2D eigenvalue weighted by Gasteiger charge is 2.14. The lowest BCUT2D eigenvalue weighted by molar-refractivity contribution is -0.123. The first-order valence-corrected chi connectivity index (χ1v) is 11.1. The first kappa shape index (κ1) is 21.8. The van der Waals surface area contributed by atoms with Crippen molar-refractivity contribution in [2.75, 3.05) is 6.61 Å². The molecule has 0 heterocycles. The number of nitrogens with one attached hydrogen (secondary N) is 1. The lowest BCUT2D eigenvalue weighted by atomic mass is 10.1. The van der Waals surface area contributed by atoms with Crippen molar-refractivity contribution in [3.8, 4) is 16.9 Å². The molecule has 156 valence electrons. The Morgan fingerprint density at radius 3 is 2.43 bits per heavy atom. The molecule has 3 aromatic rings. The monoisotopic (exact) mass is 444 g/mol. The van der Waals surface area contributed by atoms with Crippen LogP contribution in [0.4, 0.5) is 0 Å². The van der Waals surface area contributed by atoms with Crippen molar-refractivity contribution >= 4 is 27.5 Å². The molecule has 0 spiro atoms. The standard InChI is InChI=1S/C22H21ClN2O4S/c1-15(17-8-5-9-19(12-17)30(24,27)28)25-22(26)14-29-21-11-10-18(13-20(21)23)16-6-3-2-4-7-16/h2-13,15H,14H2,1H3,(H,25,26)(H2,24,27,28). The Kier molecular flexibility index (Phi) is 6.77. The van der Waals surface area contributed by atoms with Gasteiger partial charge in [0.15, 0.2) is 6.61 Å². The van der Waals surface area contributed by atoms with Crippen LogP contribution in [0, 0.1) is 0 Å². The molecule has 1 unspecified atom stereocenters. The fourth-order valence-electron chi connectivity index (χ4n) is 2.90. The van der Waals surface area contributed by atoms with Gasteiger partial charge >= 0.3 is 0 Å². The van der Waals surface area contributed by atoms with Crippen LogP contribution in [0.15, 0.2) is 77.7 Å². The molecule has 6 nitrogen and oxygen atoms in total. The summed E-state index contributed by atoms with van der Waals surface area (Å²) in [6, 6.07) is 20.8. The summed E-state index contributed by atoms with van der Waals surface area (Å²) in [5.74, 6) is 0.0297. The van der Waals surface area contributed by atoms with Crippen molar-refractivity contribution in [2.24, 2.45) is 5.14 Å². The molecule has 1 atom stereocenters. The van der Waals surface area contributed by atoms with Gasteiger partial charge in [0.05, 0.1) is 16.0 Å². The minimum absolute atomic E-state index is 0.0114. The van der Waals surface area contributed by atoms with Crippen LogP contribution >= 0.6 is 11.6 Å². The number of carbonyl (C=O) groups is 1. The van der Waals surface area contributed by atoms with Crippen LogP contribution < -0.4 is 15.2 Å². The Balaban J connectivity index is 1.61. The minimum Gasteiger partial charge on any atom is -0.482 e. The van der Waals surface area contributed by atoms with Gasteiger partial charge in [-0.05, 0) is 47.9 Å². The predicted molar refractivity (Wildman–Crippen MR) is 117 cm³/mol.